The van der Waals surface area contributed by atoms with E-state index in [0.717, 1.165) is 69.2 Å². The van der Waals surface area contributed by atoms with Crippen LogP contribution in [0.1, 0.15) is 24.0 Å². The Kier molecular flexibility index (Phi) is 7.33. The molecule has 4 nitrogen and oxygen atoms in total. The molecule has 2 fully saturated rings. The van der Waals surface area contributed by atoms with E-state index in [1.165, 1.54) is 11.3 Å². The summed E-state index contributed by atoms with van der Waals surface area (Å²) < 4.78 is 0. The molecule has 2 aromatic rings. The third-order valence-corrected chi connectivity index (χ3v) is 7.32. The number of halogens is 3. The molecule has 0 saturated carbocycles. The predicted molar refractivity (Wildman–Crippen MR) is 129 cm³/mol. The van der Waals surface area contributed by atoms with E-state index in [4.69, 9.17) is 34.8 Å². The van der Waals surface area contributed by atoms with E-state index < -0.39 is 0 Å². The summed E-state index contributed by atoms with van der Waals surface area (Å²) in [5.74, 6) is 0.359. The van der Waals surface area contributed by atoms with Gasteiger partial charge in [-0.3, -0.25) is 9.69 Å². The number of aryl methyl sites for hydroxylation is 1. The molecule has 1 unspecified atom stereocenters. The van der Waals surface area contributed by atoms with Crippen LogP contribution in [0.5, 0.6) is 0 Å². The number of carbonyl (C=O) groups excluding carboxylic acids is 1. The Morgan fingerprint density at radius 1 is 0.968 bits per heavy atom. The Morgan fingerprint density at radius 3 is 2.48 bits per heavy atom. The van der Waals surface area contributed by atoms with E-state index in [-0.39, 0.29) is 5.92 Å². The molecule has 0 N–H and O–H groups in total. The second kappa shape index (κ2) is 9.99. The van der Waals surface area contributed by atoms with Crippen LogP contribution in [0.4, 0.5) is 5.69 Å². The van der Waals surface area contributed by atoms with E-state index in [0.29, 0.717) is 16.0 Å². The summed E-state index contributed by atoms with van der Waals surface area (Å²) in [7, 11) is 0. The van der Waals surface area contributed by atoms with Crippen LogP contribution in [0.25, 0.3) is 0 Å². The van der Waals surface area contributed by atoms with Gasteiger partial charge >= 0.3 is 0 Å². The highest BCUT2D eigenvalue weighted by atomic mass is 35.5. The molecular formula is C24H28Cl3N3O. The highest BCUT2D eigenvalue weighted by molar-refractivity contribution is 6.42. The normalized spacial score (nSPS) is 20.2. The lowest BCUT2D eigenvalue weighted by molar-refractivity contribution is -0.137. The number of rotatable bonds is 4. The number of benzene rings is 2. The molecule has 1 amide bonds. The van der Waals surface area contributed by atoms with E-state index in [2.05, 4.69) is 22.8 Å². The smallest absolute Gasteiger partial charge is 0.227 e. The first-order valence-corrected chi connectivity index (χ1v) is 12.0. The summed E-state index contributed by atoms with van der Waals surface area (Å²) in [6.45, 7) is 7.90. The first kappa shape index (κ1) is 22.7. The van der Waals surface area contributed by atoms with Crippen molar-refractivity contribution < 1.29 is 4.79 Å². The standard InChI is InChI=1S/C24H28Cl3N3O/c1-17-4-6-20(25)14-23(17)29-9-11-30(12-10-29)24(31)19-3-2-8-28(16-19)15-18-5-7-21(26)22(27)13-18/h4-7,13-14,19H,2-3,8-12,15-16H2,1H3. The SMILES string of the molecule is Cc1ccc(Cl)cc1N1CCN(C(=O)C2CCCN(Cc3ccc(Cl)c(Cl)c3)C2)CC1. The van der Waals surface area contributed by atoms with Crippen molar-refractivity contribution in [2.75, 3.05) is 44.2 Å². The fourth-order valence-electron chi connectivity index (χ4n) is 4.65. The minimum absolute atomic E-state index is 0.0657. The molecule has 2 saturated heterocycles. The van der Waals surface area contributed by atoms with Crippen molar-refractivity contribution >= 4 is 46.4 Å². The van der Waals surface area contributed by atoms with Crippen LogP contribution in [0.2, 0.25) is 15.1 Å². The third-order valence-electron chi connectivity index (χ3n) is 6.35. The Bertz CT molecular complexity index is 944. The molecular weight excluding hydrogens is 453 g/mol. The summed E-state index contributed by atoms with van der Waals surface area (Å²) in [5, 5.41) is 1.91. The molecule has 0 bridgehead atoms. The number of anilines is 1. The lowest BCUT2D eigenvalue weighted by Gasteiger charge is -2.40. The van der Waals surface area contributed by atoms with Crippen molar-refractivity contribution in [1.82, 2.24) is 9.80 Å². The van der Waals surface area contributed by atoms with Crippen molar-refractivity contribution in [3.05, 3.63) is 62.6 Å². The monoisotopic (exact) mass is 479 g/mol. The Morgan fingerprint density at radius 2 is 1.74 bits per heavy atom. The zero-order valence-corrected chi connectivity index (χ0v) is 20.1. The zero-order chi connectivity index (χ0) is 22.0. The Balaban J connectivity index is 1.33. The van der Waals surface area contributed by atoms with Crippen molar-refractivity contribution in [3.8, 4) is 0 Å². The minimum Gasteiger partial charge on any atom is -0.368 e. The largest absolute Gasteiger partial charge is 0.368 e. The molecule has 0 aliphatic carbocycles. The maximum absolute atomic E-state index is 13.2. The molecule has 2 heterocycles. The van der Waals surface area contributed by atoms with Crippen LogP contribution in [-0.2, 0) is 11.3 Å². The van der Waals surface area contributed by atoms with Crippen LogP contribution in [-0.4, -0.2) is 55.0 Å². The quantitative estimate of drug-likeness (QED) is 0.577. The zero-order valence-electron chi connectivity index (χ0n) is 17.8. The number of amides is 1. The van der Waals surface area contributed by atoms with Gasteiger partial charge < -0.3 is 9.80 Å². The molecule has 7 heteroatoms. The van der Waals surface area contributed by atoms with Crippen molar-refractivity contribution in [3.63, 3.8) is 0 Å². The third kappa shape index (κ3) is 5.48. The molecule has 0 aromatic heterocycles. The predicted octanol–water partition coefficient (Wildman–Crippen LogP) is 5.52. The van der Waals surface area contributed by atoms with Crippen LogP contribution in [0.3, 0.4) is 0 Å². The van der Waals surface area contributed by atoms with Crippen LogP contribution < -0.4 is 4.90 Å². The van der Waals surface area contributed by atoms with E-state index in [1.54, 1.807) is 0 Å². The van der Waals surface area contributed by atoms with E-state index >= 15 is 0 Å². The maximum atomic E-state index is 13.2. The Hall–Kier alpha value is -1.46. The van der Waals surface area contributed by atoms with Gasteiger partial charge in [0.2, 0.25) is 5.91 Å². The van der Waals surface area contributed by atoms with Gasteiger partial charge in [-0.2, -0.15) is 0 Å². The van der Waals surface area contributed by atoms with Gasteiger partial charge in [-0.25, -0.2) is 0 Å². The van der Waals surface area contributed by atoms with Gasteiger partial charge in [0.15, 0.2) is 0 Å². The number of hydrogen-bond donors (Lipinski definition) is 0. The number of carbonyl (C=O) groups is 1. The fraction of sp³-hybridized carbons (Fsp3) is 0.458. The topological polar surface area (TPSA) is 26.8 Å². The second-order valence-corrected chi connectivity index (χ2v) is 9.82. The molecule has 4 rings (SSSR count). The summed E-state index contributed by atoms with van der Waals surface area (Å²) in [5.41, 5.74) is 3.52. The van der Waals surface area contributed by atoms with Gasteiger partial charge in [-0.15, -0.1) is 0 Å². The average Bonchev–Trinajstić information content (AvgIpc) is 2.78. The van der Waals surface area contributed by atoms with Gasteiger partial charge in [-0.05, 0) is 61.7 Å². The molecule has 2 aliphatic heterocycles. The van der Waals surface area contributed by atoms with Gasteiger partial charge in [0.25, 0.3) is 0 Å². The van der Waals surface area contributed by atoms with E-state index in [1.807, 2.05) is 35.2 Å². The summed E-state index contributed by atoms with van der Waals surface area (Å²) in [4.78, 5) is 20.0. The second-order valence-electron chi connectivity index (χ2n) is 8.57. The summed E-state index contributed by atoms with van der Waals surface area (Å²) in [6, 6.07) is 11.8. The molecule has 2 aromatic carbocycles. The summed E-state index contributed by atoms with van der Waals surface area (Å²) in [6.07, 6.45) is 2.00. The molecule has 166 valence electrons. The number of piperidine rings is 1. The van der Waals surface area contributed by atoms with Gasteiger partial charge in [0.1, 0.15) is 0 Å². The van der Waals surface area contributed by atoms with Crippen LogP contribution in [0.15, 0.2) is 36.4 Å². The fourth-order valence-corrected chi connectivity index (χ4v) is 5.13. The van der Waals surface area contributed by atoms with Gasteiger partial charge in [0, 0.05) is 50.0 Å². The number of likely N-dealkylation sites (tertiary alicyclic amines) is 1. The van der Waals surface area contributed by atoms with Gasteiger partial charge in [-0.1, -0.05) is 46.9 Å². The molecule has 2 aliphatic rings. The number of hydrogen-bond acceptors (Lipinski definition) is 3. The molecule has 0 radical (unpaired) electrons. The van der Waals surface area contributed by atoms with Crippen molar-refractivity contribution in [2.45, 2.75) is 26.3 Å². The number of piperazine rings is 1. The van der Waals surface area contributed by atoms with Crippen LogP contribution >= 0.6 is 34.8 Å². The highest BCUT2D eigenvalue weighted by Crippen LogP contribution is 2.28. The van der Waals surface area contributed by atoms with Gasteiger partial charge in [0.05, 0.1) is 16.0 Å². The maximum Gasteiger partial charge on any atom is 0.227 e. The summed E-state index contributed by atoms with van der Waals surface area (Å²) >= 11 is 18.4. The molecule has 1 atom stereocenters. The van der Waals surface area contributed by atoms with Crippen molar-refractivity contribution in [1.29, 1.82) is 0 Å². The minimum atomic E-state index is 0.0657. The molecule has 31 heavy (non-hydrogen) atoms. The van der Waals surface area contributed by atoms with Crippen molar-refractivity contribution in [2.24, 2.45) is 5.92 Å². The van der Waals surface area contributed by atoms with E-state index in [9.17, 15) is 4.79 Å². The first-order chi connectivity index (χ1) is 14.9. The lowest BCUT2D eigenvalue weighted by Crippen LogP contribution is -2.52. The highest BCUT2D eigenvalue weighted by Gasteiger charge is 2.31. The lowest BCUT2D eigenvalue weighted by atomic mass is 9.95. The number of nitrogens with zero attached hydrogens (tertiary/aromatic N) is 3. The Labute approximate surface area is 199 Å². The van der Waals surface area contributed by atoms with Crippen LogP contribution in [0, 0.1) is 12.8 Å². The average molecular weight is 481 g/mol. The first-order valence-electron chi connectivity index (χ1n) is 10.9. The molecule has 0 spiro atoms.